The first-order valence-electron chi connectivity index (χ1n) is 11.1. The van der Waals surface area contributed by atoms with Gasteiger partial charge in [-0.2, -0.15) is 0 Å². The maximum atomic E-state index is 13.2. The van der Waals surface area contributed by atoms with Gasteiger partial charge in [-0.25, -0.2) is 0 Å². The Bertz CT molecular complexity index is 884. The van der Waals surface area contributed by atoms with Crippen LogP contribution in [0.15, 0.2) is 53.4 Å². The average Bonchev–Trinajstić information content (AvgIpc) is 2.80. The summed E-state index contributed by atoms with van der Waals surface area (Å²) in [5.41, 5.74) is 0.949. The van der Waals surface area contributed by atoms with Crippen molar-refractivity contribution < 1.29 is 9.59 Å². The van der Waals surface area contributed by atoms with Crippen molar-refractivity contribution in [3.8, 4) is 0 Å². The maximum absolute atomic E-state index is 13.2. The molecule has 0 heterocycles. The van der Waals surface area contributed by atoms with Gasteiger partial charge < -0.3 is 10.2 Å². The van der Waals surface area contributed by atoms with E-state index >= 15 is 0 Å². The summed E-state index contributed by atoms with van der Waals surface area (Å²) in [6.07, 6.45) is 5.91. The zero-order valence-electron chi connectivity index (χ0n) is 18.4. The van der Waals surface area contributed by atoms with Crippen LogP contribution < -0.4 is 5.32 Å². The van der Waals surface area contributed by atoms with Gasteiger partial charge in [0.15, 0.2) is 0 Å². The lowest BCUT2D eigenvalue weighted by molar-refractivity contribution is -0.140. The molecule has 1 aliphatic carbocycles. The molecular formula is C25H30Cl2N2O2S. The van der Waals surface area contributed by atoms with Crippen LogP contribution in [0.2, 0.25) is 10.0 Å². The van der Waals surface area contributed by atoms with E-state index < -0.39 is 6.04 Å². The van der Waals surface area contributed by atoms with Gasteiger partial charge in [0, 0.05) is 39.7 Å². The highest BCUT2D eigenvalue weighted by molar-refractivity contribution is 7.99. The molecule has 3 rings (SSSR count). The summed E-state index contributed by atoms with van der Waals surface area (Å²) in [6, 6.07) is 14.7. The minimum absolute atomic E-state index is 0.0345. The van der Waals surface area contributed by atoms with Gasteiger partial charge in [0.2, 0.25) is 11.8 Å². The fourth-order valence-electron chi connectivity index (χ4n) is 3.87. The molecule has 0 saturated heterocycles. The SMILES string of the molecule is C[C@H](C(=O)NC1CCCCC1)N(Cc1ccc(Cl)cc1)C(=O)CCSc1ccc(Cl)cc1. The summed E-state index contributed by atoms with van der Waals surface area (Å²) in [7, 11) is 0. The Hall–Kier alpha value is -1.69. The second-order valence-electron chi connectivity index (χ2n) is 8.22. The van der Waals surface area contributed by atoms with Crippen molar-refractivity contribution in [3.63, 3.8) is 0 Å². The molecule has 32 heavy (non-hydrogen) atoms. The van der Waals surface area contributed by atoms with Crippen LogP contribution in [0.3, 0.4) is 0 Å². The number of carbonyl (C=O) groups is 2. The van der Waals surface area contributed by atoms with Crippen LogP contribution in [0.1, 0.15) is 51.0 Å². The first-order chi connectivity index (χ1) is 15.4. The van der Waals surface area contributed by atoms with Crippen molar-refractivity contribution >= 4 is 46.8 Å². The van der Waals surface area contributed by atoms with Crippen molar-refractivity contribution in [2.45, 2.75) is 69.0 Å². The number of hydrogen-bond acceptors (Lipinski definition) is 3. The zero-order chi connectivity index (χ0) is 22.9. The molecule has 4 nitrogen and oxygen atoms in total. The predicted octanol–water partition coefficient (Wildman–Crippen LogP) is 6.34. The third-order valence-corrected chi connectivity index (χ3v) is 7.30. The molecule has 1 atom stereocenters. The zero-order valence-corrected chi connectivity index (χ0v) is 20.7. The fourth-order valence-corrected chi connectivity index (χ4v) is 4.96. The molecule has 0 aromatic heterocycles. The van der Waals surface area contributed by atoms with Gasteiger partial charge in [-0.15, -0.1) is 11.8 Å². The van der Waals surface area contributed by atoms with Gasteiger partial charge in [-0.1, -0.05) is 54.6 Å². The van der Waals surface area contributed by atoms with Crippen molar-refractivity contribution in [1.29, 1.82) is 0 Å². The Labute approximate surface area is 205 Å². The van der Waals surface area contributed by atoms with E-state index in [9.17, 15) is 9.59 Å². The molecule has 2 amide bonds. The smallest absolute Gasteiger partial charge is 0.242 e. The van der Waals surface area contributed by atoms with Crippen molar-refractivity contribution in [2.24, 2.45) is 0 Å². The summed E-state index contributed by atoms with van der Waals surface area (Å²) < 4.78 is 0. The molecule has 0 bridgehead atoms. The van der Waals surface area contributed by atoms with Crippen molar-refractivity contribution in [2.75, 3.05) is 5.75 Å². The monoisotopic (exact) mass is 492 g/mol. The molecule has 2 aromatic rings. The lowest BCUT2D eigenvalue weighted by Gasteiger charge is -2.31. The van der Waals surface area contributed by atoms with Gasteiger partial charge >= 0.3 is 0 Å². The van der Waals surface area contributed by atoms with E-state index in [4.69, 9.17) is 23.2 Å². The molecule has 0 spiro atoms. The molecule has 2 aromatic carbocycles. The molecule has 1 saturated carbocycles. The first-order valence-corrected chi connectivity index (χ1v) is 12.9. The molecule has 0 aliphatic heterocycles. The van der Waals surface area contributed by atoms with E-state index in [1.807, 2.05) is 55.5 Å². The first kappa shape index (κ1) is 24.9. The summed E-state index contributed by atoms with van der Waals surface area (Å²) in [4.78, 5) is 28.9. The Morgan fingerprint density at radius 3 is 2.22 bits per heavy atom. The van der Waals surface area contributed by atoms with Crippen LogP contribution in [-0.2, 0) is 16.1 Å². The minimum Gasteiger partial charge on any atom is -0.352 e. The summed E-state index contributed by atoms with van der Waals surface area (Å²) in [5.74, 6) is 0.520. The minimum atomic E-state index is -0.541. The Morgan fingerprint density at radius 2 is 1.59 bits per heavy atom. The van der Waals surface area contributed by atoms with Gasteiger partial charge in [0.05, 0.1) is 0 Å². The number of amides is 2. The predicted molar refractivity (Wildman–Crippen MR) is 133 cm³/mol. The number of hydrogen-bond donors (Lipinski definition) is 1. The van der Waals surface area contributed by atoms with Gasteiger partial charge in [0.25, 0.3) is 0 Å². The molecular weight excluding hydrogens is 463 g/mol. The van der Waals surface area contributed by atoms with E-state index in [1.54, 1.807) is 16.7 Å². The molecule has 7 heteroatoms. The molecule has 1 aliphatic rings. The highest BCUT2D eigenvalue weighted by atomic mass is 35.5. The Kier molecular flexibility index (Phi) is 9.76. The number of carbonyl (C=O) groups excluding carboxylic acids is 2. The van der Waals surface area contributed by atoms with Crippen LogP contribution in [0.5, 0.6) is 0 Å². The molecule has 172 valence electrons. The Balaban J connectivity index is 1.64. The second kappa shape index (κ2) is 12.5. The van der Waals surface area contributed by atoms with Crippen LogP contribution in [0.25, 0.3) is 0 Å². The molecule has 0 unspecified atom stereocenters. The van der Waals surface area contributed by atoms with E-state index in [-0.39, 0.29) is 17.9 Å². The summed E-state index contributed by atoms with van der Waals surface area (Å²) >= 11 is 13.6. The normalized spacial score (nSPS) is 15.2. The average molecular weight is 494 g/mol. The summed E-state index contributed by atoms with van der Waals surface area (Å²) in [6.45, 7) is 2.19. The second-order valence-corrected chi connectivity index (χ2v) is 10.3. The molecule has 1 fully saturated rings. The fraction of sp³-hybridized carbons (Fsp3) is 0.440. The molecule has 0 radical (unpaired) electrons. The van der Waals surface area contributed by atoms with Gasteiger partial charge in [-0.05, 0) is 61.7 Å². The maximum Gasteiger partial charge on any atom is 0.242 e. The van der Waals surface area contributed by atoms with E-state index in [0.717, 1.165) is 36.1 Å². The summed E-state index contributed by atoms with van der Waals surface area (Å²) in [5, 5.41) is 4.50. The molecule has 1 N–H and O–H groups in total. The third-order valence-electron chi connectivity index (χ3n) is 5.78. The standard InChI is InChI=1S/C25H30Cl2N2O2S/c1-18(25(31)28-22-5-3-2-4-6-22)29(17-19-7-9-20(26)10-8-19)24(30)15-16-32-23-13-11-21(27)12-14-23/h7-14,18,22H,2-6,15-17H2,1H3,(H,28,31)/t18-/m1/s1. The topological polar surface area (TPSA) is 49.4 Å². The van der Waals surface area contributed by atoms with Crippen LogP contribution in [0.4, 0.5) is 0 Å². The van der Waals surface area contributed by atoms with Gasteiger partial charge in [0.1, 0.15) is 6.04 Å². The number of benzene rings is 2. The van der Waals surface area contributed by atoms with Crippen LogP contribution >= 0.6 is 35.0 Å². The Morgan fingerprint density at radius 1 is 1.00 bits per heavy atom. The van der Waals surface area contributed by atoms with Crippen molar-refractivity contribution in [1.82, 2.24) is 10.2 Å². The lowest BCUT2D eigenvalue weighted by Crippen LogP contribution is -2.50. The largest absolute Gasteiger partial charge is 0.352 e. The third kappa shape index (κ3) is 7.72. The quantitative estimate of drug-likeness (QED) is 0.415. The van der Waals surface area contributed by atoms with E-state index in [0.29, 0.717) is 28.8 Å². The van der Waals surface area contributed by atoms with Gasteiger partial charge in [-0.3, -0.25) is 9.59 Å². The van der Waals surface area contributed by atoms with Crippen LogP contribution in [0, 0.1) is 0 Å². The van der Waals surface area contributed by atoms with E-state index in [2.05, 4.69) is 5.32 Å². The van der Waals surface area contributed by atoms with E-state index in [1.165, 1.54) is 6.42 Å². The lowest BCUT2D eigenvalue weighted by atomic mass is 9.95. The number of nitrogens with one attached hydrogen (secondary N) is 1. The highest BCUT2D eigenvalue weighted by Gasteiger charge is 2.27. The number of nitrogens with zero attached hydrogens (tertiary/aromatic N) is 1. The van der Waals surface area contributed by atoms with Crippen LogP contribution in [-0.4, -0.2) is 34.6 Å². The highest BCUT2D eigenvalue weighted by Crippen LogP contribution is 2.23. The van der Waals surface area contributed by atoms with Crippen molar-refractivity contribution in [3.05, 3.63) is 64.1 Å². The number of rotatable bonds is 9. The number of thioether (sulfide) groups is 1. The number of halogens is 2.